The van der Waals surface area contributed by atoms with Crippen molar-refractivity contribution in [2.24, 2.45) is 0 Å². The number of hydrogen-bond acceptors (Lipinski definition) is 3. The molecule has 0 saturated carbocycles. The van der Waals surface area contributed by atoms with Crippen LogP contribution in [-0.2, 0) is 4.79 Å². The summed E-state index contributed by atoms with van der Waals surface area (Å²) in [4.78, 5) is 30.0. The molecule has 0 bridgehead atoms. The van der Waals surface area contributed by atoms with Gasteiger partial charge in [-0.05, 0) is 18.2 Å². The summed E-state index contributed by atoms with van der Waals surface area (Å²) in [7, 11) is 1.76. The van der Waals surface area contributed by atoms with Crippen LogP contribution < -0.4 is 0 Å². The Morgan fingerprint density at radius 1 is 1.27 bits per heavy atom. The van der Waals surface area contributed by atoms with Gasteiger partial charge in [0, 0.05) is 44.8 Å². The maximum absolute atomic E-state index is 13.9. The topological polar surface area (TPSA) is 43.9 Å². The number of fused-ring (bicyclic) bond motifs is 1. The van der Waals surface area contributed by atoms with Crippen molar-refractivity contribution < 1.29 is 14.0 Å². The van der Waals surface area contributed by atoms with E-state index in [1.807, 2.05) is 0 Å². The molecule has 0 radical (unpaired) electrons. The summed E-state index contributed by atoms with van der Waals surface area (Å²) in [6.45, 7) is 2.90. The standard InChI is InChI=1S/C15H17ClFN3O2/c1-18-4-5-19-6-7-20(9-13(19)15(18)22)14(21)11-8-10(16)2-3-12(11)17/h2-3,8,13H,4-7,9H2,1H3/t13-/m1/s1. The molecule has 2 fully saturated rings. The number of hydrogen-bond donors (Lipinski definition) is 0. The number of piperazine rings is 2. The van der Waals surface area contributed by atoms with Crippen LogP contribution in [0.1, 0.15) is 10.4 Å². The number of likely N-dealkylation sites (N-methyl/N-ethyl adjacent to an activating group) is 1. The summed E-state index contributed by atoms with van der Waals surface area (Å²) in [6, 6.07) is 3.59. The Kier molecular flexibility index (Phi) is 4.06. The van der Waals surface area contributed by atoms with Gasteiger partial charge in [0.25, 0.3) is 5.91 Å². The lowest BCUT2D eigenvalue weighted by Gasteiger charge is -2.45. The molecule has 7 heteroatoms. The number of carbonyl (C=O) groups excluding carboxylic acids is 2. The van der Waals surface area contributed by atoms with E-state index >= 15 is 0 Å². The lowest BCUT2D eigenvalue weighted by molar-refractivity contribution is -0.142. The van der Waals surface area contributed by atoms with Crippen molar-refractivity contribution in [2.45, 2.75) is 6.04 Å². The Hall–Kier alpha value is -1.66. The predicted molar refractivity (Wildman–Crippen MR) is 80.3 cm³/mol. The Balaban J connectivity index is 1.80. The fraction of sp³-hybridized carbons (Fsp3) is 0.467. The number of halogens is 2. The van der Waals surface area contributed by atoms with E-state index < -0.39 is 11.7 Å². The lowest BCUT2D eigenvalue weighted by Crippen LogP contribution is -2.64. The second-order valence-corrected chi connectivity index (χ2v) is 6.12. The smallest absolute Gasteiger partial charge is 0.256 e. The molecule has 22 heavy (non-hydrogen) atoms. The van der Waals surface area contributed by atoms with Gasteiger partial charge in [-0.25, -0.2) is 4.39 Å². The van der Waals surface area contributed by atoms with Gasteiger partial charge in [-0.3, -0.25) is 14.5 Å². The van der Waals surface area contributed by atoms with Crippen LogP contribution in [0.4, 0.5) is 4.39 Å². The van der Waals surface area contributed by atoms with E-state index in [9.17, 15) is 14.0 Å². The zero-order valence-electron chi connectivity index (χ0n) is 12.3. The van der Waals surface area contributed by atoms with Gasteiger partial charge in [0.2, 0.25) is 5.91 Å². The minimum Gasteiger partial charge on any atom is -0.343 e. The van der Waals surface area contributed by atoms with Gasteiger partial charge >= 0.3 is 0 Å². The van der Waals surface area contributed by atoms with Crippen molar-refractivity contribution in [3.8, 4) is 0 Å². The molecule has 1 atom stereocenters. The zero-order valence-corrected chi connectivity index (χ0v) is 13.0. The van der Waals surface area contributed by atoms with Crippen LogP contribution in [0.5, 0.6) is 0 Å². The van der Waals surface area contributed by atoms with Crippen LogP contribution in [0.3, 0.4) is 0 Å². The highest BCUT2D eigenvalue weighted by Gasteiger charge is 2.39. The van der Waals surface area contributed by atoms with Crippen LogP contribution in [0, 0.1) is 5.82 Å². The molecule has 1 aromatic carbocycles. The molecule has 2 aliphatic heterocycles. The van der Waals surface area contributed by atoms with Crippen LogP contribution in [0.2, 0.25) is 5.02 Å². The SMILES string of the molecule is CN1CCN2CCN(C(=O)c3cc(Cl)ccc3F)C[C@@H]2C1=O. The van der Waals surface area contributed by atoms with Gasteiger partial charge < -0.3 is 9.80 Å². The average Bonchev–Trinajstić information content (AvgIpc) is 2.52. The van der Waals surface area contributed by atoms with Crippen LogP contribution in [0.25, 0.3) is 0 Å². The van der Waals surface area contributed by atoms with Gasteiger partial charge in [-0.2, -0.15) is 0 Å². The van der Waals surface area contributed by atoms with Crippen molar-refractivity contribution in [1.82, 2.24) is 14.7 Å². The first kappa shape index (κ1) is 15.2. The van der Waals surface area contributed by atoms with Crippen LogP contribution in [-0.4, -0.2) is 72.3 Å². The predicted octanol–water partition coefficient (Wildman–Crippen LogP) is 1.08. The van der Waals surface area contributed by atoms with Gasteiger partial charge in [0.05, 0.1) is 5.56 Å². The lowest BCUT2D eigenvalue weighted by atomic mass is 10.1. The third-order valence-corrected chi connectivity index (χ3v) is 4.56. The van der Waals surface area contributed by atoms with Crippen molar-refractivity contribution >= 4 is 23.4 Å². The molecule has 0 aliphatic carbocycles. The molecule has 118 valence electrons. The van der Waals surface area contributed by atoms with Crippen molar-refractivity contribution in [1.29, 1.82) is 0 Å². The summed E-state index contributed by atoms with van der Waals surface area (Å²) in [5.74, 6) is -1.00. The maximum atomic E-state index is 13.9. The average molecular weight is 326 g/mol. The maximum Gasteiger partial charge on any atom is 0.256 e. The van der Waals surface area contributed by atoms with Gasteiger partial charge in [-0.1, -0.05) is 11.6 Å². The van der Waals surface area contributed by atoms with E-state index in [-0.39, 0.29) is 24.1 Å². The number of rotatable bonds is 1. The number of benzene rings is 1. The molecule has 2 heterocycles. The fourth-order valence-electron chi connectivity index (χ4n) is 2.98. The van der Waals surface area contributed by atoms with Crippen molar-refractivity contribution in [3.63, 3.8) is 0 Å². The summed E-state index contributed by atoms with van der Waals surface area (Å²) in [6.07, 6.45) is 0. The molecular formula is C15H17ClFN3O2. The number of nitrogens with zero attached hydrogens (tertiary/aromatic N) is 3. The van der Waals surface area contributed by atoms with Gasteiger partial charge in [-0.15, -0.1) is 0 Å². The highest BCUT2D eigenvalue weighted by molar-refractivity contribution is 6.31. The minimum atomic E-state index is -0.594. The second-order valence-electron chi connectivity index (χ2n) is 5.69. The highest BCUT2D eigenvalue weighted by Crippen LogP contribution is 2.21. The molecule has 1 aromatic rings. The fourth-order valence-corrected chi connectivity index (χ4v) is 3.15. The van der Waals surface area contributed by atoms with E-state index in [0.29, 0.717) is 24.7 Å². The third kappa shape index (κ3) is 2.68. The first-order valence-electron chi connectivity index (χ1n) is 7.20. The molecule has 3 rings (SSSR count). The van der Waals surface area contributed by atoms with Gasteiger partial charge in [0.1, 0.15) is 11.9 Å². The summed E-state index contributed by atoms with van der Waals surface area (Å²) < 4.78 is 13.9. The van der Waals surface area contributed by atoms with Crippen LogP contribution in [0.15, 0.2) is 18.2 Å². The molecule has 2 amide bonds. The molecular weight excluding hydrogens is 309 g/mol. The van der Waals surface area contributed by atoms with Gasteiger partial charge in [0.15, 0.2) is 0 Å². The highest BCUT2D eigenvalue weighted by atomic mass is 35.5. The molecule has 0 unspecified atom stereocenters. The quantitative estimate of drug-likeness (QED) is 0.776. The van der Waals surface area contributed by atoms with Crippen molar-refractivity contribution in [3.05, 3.63) is 34.6 Å². The van der Waals surface area contributed by atoms with E-state index in [2.05, 4.69) is 4.90 Å². The molecule has 0 N–H and O–H groups in total. The Morgan fingerprint density at radius 2 is 2.00 bits per heavy atom. The van der Waals surface area contributed by atoms with E-state index in [1.165, 1.54) is 23.1 Å². The Morgan fingerprint density at radius 3 is 2.77 bits per heavy atom. The molecule has 2 aliphatic rings. The first-order valence-corrected chi connectivity index (χ1v) is 7.58. The Bertz CT molecular complexity index is 625. The minimum absolute atomic E-state index is 0.00955. The second kappa shape index (κ2) is 5.85. The van der Waals surface area contributed by atoms with E-state index in [4.69, 9.17) is 11.6 Å². The first-order chi connectivity index (χ1) is 10.5. The number of carbonyl (C=O) groups is 2. The largest absolute Gasteiger partial charge is 0.343 e. The van der Waals surface area contributed by atoms with Crippen molar-refractivity contribution in [2.75, 3.05) is 39.8 Å². The summed E-state index contributed by atoms with van der Waals surface area (Å²) in [5, 5.41) is 0.317. The molecule has 0 spiro atoms. The van der Waals surface area contributed by atoms with E-state index in [0.717, 1.165) is 6.54 Å². The zero-order chi connectivity index (χ0) is 15.9. The monoisotopic (exact) mass is 325 g/mol. The summed E-state index contributed by atoms with van der Waals surface area (Å²) in [5.41, 5.74) is -0.0439. The van der Waals surface area contributed by atoms with E-state index in [1.54, 1.807) is 11.9 Å². The Labute approximate surface area is 133 Å². The molecule has 0 aromatic heterocycles. The van der Waals surface area contributed by atoms with Crippen LogP contribution >= 0.6 is 11.6 Å². The normalized spacial score (nSPS) is 22.7. The third-order valence-electron chi connectivity index (χ3n) is 4.32. The molecule has 5 nitrogen and oxygen atoms in total. The summed E-state index contributed by atoms with van der Waals surface area (Å²) >= 11 is 5.85. The molecule has 2 saturated heterocycles. The number of amides is 2.